The summed E-state index contributed by atoms with van der Waals surface area (Å²) in [6, 6.07) is 17.2. The second-order valence-corrected chi connectivity index (χ2v) is 5.95. The van der Waals surface area contributed by atoms with Crippen LogP contribution in [0.15, 0.2) is 54.6 Å². The third-order valence-electron chi connectivity index (χ3n) is 4.27. The first-order valence-electron chi connectivity index (χ1n) is 8.04. The molecule has 0 bridgehead atoms. The maximum absolute atomic E-state index is 12.7. The van der Waals surface area contributed by atoms with Gasteiger partial charge in [0.2, 0.25) is 5.91 Å². The van der Waals surface area contributed by atoms with Crippen LogP contribution in [0.1, 0.15) is 5.56 Å². The molecular weight excluding hydrogens is 304 g/mol. The number of aliphatic hydroxyl groups excluding tert-OH is 1. The minimum atomic E-state index is -0.247. The summed E-state index contributed by atoms with van der Waals surface area (Å²) in [4.78, 5) is 16.4. The lowest BCUT2D eigenvalue weighted by molar-refractivity contribution is -0.122. The molecule has 1 heterocycles. The van der Waals surface area contributed by atoms with Gasteiger partial charge in [0.25, 0.3) is 0 Å². The Morgan fingerprint density at radius 1 is 1.12 bits per heavy atom. The van der Waals surface area contributed by atoms with Crippen LogP contribution in [0.25, 0.3) is 0 Å². The minimum absolute atomic E-state index is 0.00129. The van der Waals surface area contributed by atoms with Gasteiger partial charge >= 0.3 is 0 Å². The first-order chi connectivity index (χ1) is 11.7. The number of amides is 1. The Labute approximate surface area is 142 Å². The summed E-state index contributed by atoms with van der Waals surface area (Å²) in [6.07, 6.45) is 0. The molecule has 1 atom stereocenters. The topological polar surface area (TPSA) is 53.0 Å². The van der Waals surface area contributed by atoms with Crippen molar-refractivity contribution in [1.82, 2.24) is 4.90 Å². The maximum Gasteiger partial charge on any atom is 0.241 e. The molecule has 2 aromatic carbocycles. The molecular formula is C19H22N2O3. The van der Waals surface area contributed by atoms with E-state index in [0.29, 0.717) is 19.6 Å². The first-order valence-corrected chi connectivity index (χ1v) is 8.04. The monoisotopic (exact) mass is 326 g/mol. The second kappa shape index (κ2) is 7.47. The number of hydrogen-bond donors (Lipinski definition) is 1. The summed E-state index contributed by atoms with van der Waals surface area (Å²) in [5.74, 6) is 0.746. The molecule has 0 spiro atoms. The van der Waals surface area contributed by atoms with Crippen LogP contribution in [0.4, 0.5) is 5.69 Å². The fourth-order valence-electron chi connectivity index (χ4n) is 3.11. The van der Waals surface area contributed by atoms with E-state index in [9.17, 15) is 9.90 Å². The van der Waals surface area contributed by atoms with Crippen molar-refractivity contribution in [2.75, 3.05) is 31.7 Å². The molecule has 1 aliphatic rings. The molecule has 0 radical (unpaired) electrons. The lowest BCUT2D eigenvalue weighted by Gasteiger charge is -2.40. The van der Waals surface area contributed by atoms with Gasteiger partial charge in [-0.2, -0.15) is 0 Å². The SMILES string of the molecule is COc1ccc(N2C(=O)CN(Cc3ccccc3)CC2CO)cc1. The lowest BCUT2D eigenvalue weighted by atomic mass is 10.1. The van der Waals surface area contributed by atoms with Gasteiger partial charge in [0, 0.05) is 18.8 Å². The van der Waals surface area contributed by atoms with E-state index in [1.165, 1.54) is 5.56 Å². The summed E-state index contributed by atoms with van der Waals surface area (Å²) in [6.45, 7) is 1.63. The third kappa shape index (κ3) is 3.58. The predicted molar refractivity (Wildman–Crippen MR) is 93.1 cm³/mol. The largest absolute Gasteiger partial charge is 0.497 e. The van der Waals surface area contributed by atoms with Gasteiger partial charge in [-0.1, -0.05) is 30.3 Å². The number of carbonyl (C=O) groups excluding carboxylic acids is 1. The Kier molecular flexibility index (Phi) is 5.13. The molecule has 0 aliphatic carbocycles. The van der Waals surface area contributed by atoms with Crippen molar-refractivity contribution in [3.8, 4) is 5.75 Å². The van der Waals surface area contributed by atoms with E-state index in [4.69, 9.17) is 4.74 Å². The Hall–Kier alpha value is -2.37. The highest BCUT2D eigenvalue weighted by Gasteiger charge is 2.33. The average molecular weight is 326 g/mol. The molecule has 1 unspecified atom stereocenters. The van der Waals surface area contributed by atoms with E-state index >= 15 is 0 Å². The van der Waals surface area contributed by atoms with Crippen LogP contribution in [-0.2, 0) is 11.3 Å². The molecule has 126 valence electrons. The number of hydrogen-bond acceptors (Lipinski definition) is 4. The number of anilines is 1. The highest BCUT2D eigenvalue weighted by Crippen LogP contribution is 2.24. The van der Waals surface area contributed by atoms with Gasteiger partial charge in [0.05, 0.1) is 26.3 Å². The van der Waals surface area contributed by atoms with E-state index in [1.54, 1.807) is 12.0 Å². The minimum Gasteiger partial charge on any atom is -0.497 e. The van der Waals surface area contributed by atoms with Crippen LogP contribution in [0.5, 0.6) is 5.75 Å². The van der Waals surface area contributed by atoms with E-state index in [-0.39, 0.29) is 18.6 Å². The number of methoxy groups -OCH3 is 1. The maximum atomic E-state index is 12.7. The van der Waals surface area contributed by atoms with Crippen molar-refractivity contribution >= 4 is 11.6 Å². The van der Waals surface area contributed by atoms with Gasteiger partial charge in [-0.25, -0.2) is 0 Å². The van der Waals surface area contributed by atoms with Gasteiger partial charge < -0.3 is 14.7 Å². The number of piperazine rings is 1. The van der Waals surface area contributed by atoms with Crippen molar-refractivity contribution in [1.29, 1.82) is 0 Å². The van der Waals surface area contributed by atoms with Gasteiger partial charge in [0.15, 0.2) is 0 Å². The molecule has 24 heavy (non-hydrogen) atoms. The second-order valence-electron chi connectivity index (χ2n) is 5.95. The van der Waals surface area contributed by atoms with E-state index < -0.39 is 0 Å². The fourth-order valence-corrected chi connectivity index (χ4v) is 3.11. The van der Waals surface area contributed by atoms with Crippen molar-refractivity contribution in [2.45, 2.75) is 12.6 Å². The number of carbonyl (C=O) groups is 1. The van der Waals surface area contributed by atoms with Gasteiger partial charge in [-0.15, -0.1) is 0 Å². The zero-order valence-corrected chi connectivity index (χ0v) is 13.8. The van der Waals surface area contributed by atoms with Crippen LogP contribution in [0, 0.1) is 0 Å². The lowest BCUT2D eigenvalue weighted by Crippen LogP contribution is -2.57. The van der Waals surface area contributed by atoms with E-state index in [2.05, 4.69) is 4.90 Å². The average Bonchev–Trinajstić information content (AvgIpc) is 2.62. The molecule has 0 saturated carbocycles. The molecule has 3 rings (SSSR count). The Bertz CT molecular complexity index is 673. The molecule has 1 saturated heterocycles. The highest BCUT2D eigenvalue weighted by molar-refractivity contribution is 5.96. The first kappa shape index (κ1) is 16.5. The number of nitrogens with zero attached hydrogens (tertiary/aromatic N) is 2. The standard InChI is InChI=1S/C19H22N2O3/c1-24-18-9-7-16(8-10-18)21-17(14-22)12-20(13-19(21)23)11-15-5-3-2-4-6-15/h2-10,17,22H,11-14H2,1H3. The van der Waals surface area contributed by atoms with E-state index in [0.717, 1.165) is 11.4 Å². The van der Waals surface area contributed by atoms with Crippen LogP contribution in [0.2, 0.25) is 0 Å². The number of aliphatic hydroxyl groups is 1. The molecule has 5 nitrogen and oxygen atoms in total. The highest BCUT2D eigenvalue weighted by atomic mass is 16.5. The van der Waals surface area contributed by atoms with Gasteiger partial charge in [0.1, 0.15) is 5.75 Å². The zero-order valence-electron chi connectivity index (χ0n) is 13.8. The summed E-state index contributed by atoms with van der Waals surface area (Å²) in [5.41, 5.74) is 1.96. The van der Waals surface area contributed by atoms with Crippen LogP contribution in [0.3, 0.4) is 0 Å². The number of rotatable bonds is 5. The van der Waals surface area contributed by atoms with Crippen LogP contribution in [-0.4, -0.2) is 48.8 Å². The predicted octanol–water partition coefficient (Wildman–Crippen LogP) is 1.90. The Morgan fingerprint density at radius 3 is 2.46 bits per heavy atom. The molecule has 0 aromatic heterocycles. The summed E-state index contributed by atoms with van der Waals surface area (Å²) in [7, 11) is 1.61. The molecule has 5 heteroatoms. The number of ether oxygens (including phenoxy) is 1. The van der Waals surface area contributed by atoms with Gasteiger partial charge in [-0.3, -0.25) is 9.69 Å². The molecule has 1 N–H and O–H groups in total. The van der Waals surface area contributed by atoms with Crippen molar-refractivity contribution in [3.63, 3.8) is 0 Å². The molecule has 2 aromatic rings. The summed E-state index contributed by atoms with van der Waals surface area (Å²) >= 11 is 0. The number of benzene rings is 2. The van der Waals surface area contributed by atoms with Crippen LogP contribution < -0.4 is 9.64 Å². The molecule has 1 fully saturated rings. The smallest absolute Gasteiger partial charge is 0.241 e. The third-order valence-corrected chi connectivity index (χ3v) is 4.27. The van der Waals surface area contributed by atoms with Crippen molar-refractivity contribution < 1.29 is 14.6 Å². The Morgan fingerprint density at radius 2 is 1.83 bits per heavy atom. The molecule has 1 aliphatic heterocycles. The summed E-state index contributed by atoms with van der Waals surface area (Å²) in [5, 5.41) is 9.78. The summed E-state index contributed by atoms with van der Waals surface area (Å²) < 4.78 is 5.16. The zero-order chi connectivity index (χ0) is 16.9. The van der Waals surface area contributed by atoms with E-state index in [1.807, 2.05) is 54.6 Å². The van der Waals surface area contributed by atoms with Crippen molar-refractivity contribution in [2.24, 2.45) is 0 Å². The molecule has 1 amide bonds. The quantitative estimate of drug-likeness (QED) is 0.912. The van der Waals surface area contributed by atoms with Crippen molar-refractivity contribution in [3.05, 3.63) is 60.2 Å². The van der Waals surface area contributed by atoms with Crippen LogP contribution >= 0.6 is 0 Å². The fraction of sp³-hybridized carbons (Fsp3) is 0.316. The Balaban J connectivity index is 1.74. The normalized spacial score (nSPS) is 18.7. The van der Waals surface area contributed by atoms with Gasteiger partial charge in [-0.05, 0) is 29.8 Å².